The molecule has 0 aromatic heterocycles. The summed E-state index contributed by atoms with van der Waals surface area (Å²) in [5.74, 6) is -0.433. The van der Waals surface area contributed by atoms with E-state index in [0.29, 0.717) is 24.9 Å². The van der Waals surface area contributed by atoms with E-state index >= 15 is 0 Å². The topological polar surface area (TPSA) is 104 Å². The van der Waals surface area contributed by atoms with E-state index < -0.39 is 50.9 Å². The summed E-state index contributed by atoms with van der Waals surface area (Å²) < 4.78 is 35.4. The highest BCUT2D eigenvalue weighted by atomic mass is 28.5. The Labute approximate surface area is 257 Å². The van der Waals surface area contributed by atoms with Crippen molar-refractivity contribution in [2.24, 2.45) is 0 Å². The standard InChI is InChI=1S/C26H60N2O7Si6/c1-17-25(29)27-23(3)19-21-40(31-36(5,6)7,32-37(8,9)10)35-41(33-38(11,12)13,34-39(14,15)16)22-20-24(4)28-26(30)18-2/h17-18,23-24H,1-2,19-22H2,3-16H3,(H,27,29)(H,28,30). The molecular formula is C26H60N2O7Si6. The molecule has 0 heterocycles. The molecule has 2 amide bonds. The van der Waals surface area contributed by atoms with Crippen molar-refractivity contribution in [3.63, 3.8) is 0 Å². The predicted molar refractivity (Wildman–Crippen MR) is 185 cm³/mol. The van der Waals surface area contributed by atoms with E-state index in [9.17, 15) is 9.59 Å². The van der Waals surface area contributed by atoms with Gasteiger partial charge in [-0.2, -0.15) is 0 Å². The fourth-order valence-corrected chi connectivity index (χ4v) is 28.2. The lowest BCUT2D eigenvalue weighted by molar-refractivity contribution is -0.117. The molecule has 0 saturated heterocycles. The minimum Gasteiger partial charge on any atom is -0.417 e. The second kappa shape index (κ2) is 16.0. The summed E-state index contributed by atoms with van der Waals surface area (Å²) in [6, 6.07) is 0.767. The van der Waals surface area contributed by atoms with Crippen LogP contribution in [-0.4, -0.2) is 74.8 Å². The summed E-state index contributed by atoms with van der Waals surface area (Å²) in [6.07, 6.45) is 3.78. The van der Waals surface area contributed by atoms with Crippen LogP contribution in [0.2, 0.25) is 90.7 Å². The molecule has 0 bridgehead atoms. The molecule has 240 valence electrons. The number of nitrogens with one attached hydrogen (secondary N) is 2. The van der Waals surface area contributed by atoms with Gasteiger partial charge in [0, 0.05) is 24.2 Å². The highest BCUT2D eigenvalue weighted by molar-refractivity contribution is 6.92. The van der Waals surface area contributed by atoms with Crippen molar-refractivity contribution in [2.75, 3.05) is 0 Å². The van der Waals surface area contributed by atoms with Crippen LogP contribution in [0.15, 0.2) is 25.3 Å². The third kappa shape index (κ3) is 19.4. The molecule has 9 nitrogen and oxygen atoms in total. The molecule has 0 saturated carbocycles. The zero-order chi connectivity index (χ0) is 32.5. The van der Waals surface area contributed by atoms with Gasteiger partial charge in [0.1, 0.15) is 0 Å². The van der Waals surface area contributed by atoms with Gasteiger partial charge >= 0.3 is 17.6 Å². The Kier molecular flexibility index (Phi) is 15.8. The van der Waals surface area contributed by atoms with Crippen LogP contribution in [0.5, 0.6) is 0 Å². The Hall–Kier alpha value is -0.479. The van der Waals surface area contributed by atoms with Crippen molar-refractivity contribution in [3.8, 4) is 0 Å². The molecule has 0 aliphatic carbocycles. The maximum Gasteiger partial charge on any atom is 0.472 e. The number of hydrogen-bond acceptors (Lipinski definition) is 7. The quantitative estimate of drug-likeness (QED) is 0.113. The van der Waals surface area contributed by atoms with Crippen LogP contribution in [0.25, 0.3) is 0 Å². The Morgan fingerprint density at radius 1 is 0.561 bits per heavy atom. The van der Waals surface area contributed by atoms with E-state index in [-0.39, 0.29) is 23.9 Å². The van der Waals surface area contributed by atoms with Crippen molar-refractivity contribution >= 4 is 62.7 Å². The summed E-state index contributed by atoms with van der Waals surface area (Å²) in [6.45, 7) is 36.8. The molecule has 0 radical (unpaired) electrons. The monoisotopic (exact) mass is 680 g/mol. The predicted octanol–water partition coefficient (Wildman–Crippen LogP) is 6.45. The highest BCUT2D eigenvalue weighted by Gasteiger charge is 2.58. The zero-order valence-corrected chi connectivity index (χ0v) is 34.4. The van der Waals surface area contributed by atoms with Gasteiger partial charge in [0.2, 0.25) is 11.8 Å². The molecule has 2 unspecified atom stereocenters. The fraction of sp³-hybridized carbons (Fsp3) is 0.769. The Morgan fingerprint density at radius 2 is 0.805 bits per heavy atom. The Bertz CT molecular complexity index is 778. The van der Waals surface area contributed by atoms with Crippen molar-refractivity contribution in [1.82, 2.24) is 10.6 Å². The smallest absolute Gasteiger partial charge is 0.417 e. The van der Waals surface area contributed by atoms with E-state index in [1.807, 2.05) is 13.8 Å². The molecule has 0 aromatic carbocycles. The molecule has 0 aromatic rings. The van der Waals surface area contributed by atoms with Crippen LogP contribution in [0.1, 0.15) is 26.7 Å². The first-order chi connectivity index (χ1) is 18.2. The third-order valence-electron chi connectivity index (χ3n) is 5.07. The van der Waals surface area contributed by atoms with Gasteiger partial charge in [0.05, 0.1) is 0 Å². The first-order valence-corrected chi connectivity index (χ1v) is 32.1. The van der Waals surface area contributed by atoms with E-state index in [0.717, 1.165) is 0 Å². The summed E-state index contributed by atoms with van der Waals surface area (Å²) in [5.41, 5.74) is 0. The minimum atomic E-state index is -3.44. The van der Waals surface area contributed by atoms with Gasteiger partial charge < -0.3 is 31.2 Å². The van der Waals surface area contributed by atoms with Crippen molar-refractivity contribution < 1.29 is 30.2 Å². The summed E-state index contributed by atoms with van der Waals surface area (Å²) in [7, 11) is -15.7. The molecule has 15 heteroatoms. The molecule has 0 fully saturated rings. The first-order valence-electron chi connectivity index (χ1n) is 14.6. The Balaban J connectivity index is 6.97. The van der Waals surface area contributed by atoms with Gasteiger partial charge in [-0.3, -0.25) is 9.59 Å². The van der Waals surface area contributed by atoms with Gasteiger partial charge in [0.15, 0.2) is 33.3 Å². The maximum absolute atomic E-state index is 12.0. The average molecular weight is 681 g/mol. The number of amides is 2. The molecule has 0 spiro atoms. The summed E-state index contributed by atoms with van der Waals surface area (Å²) in [4.78, 5) is 24.1. The van der Waals surface area contributed by atoms with E-state index in [1.54, 1.807) is 0 Å². The van der Waals surface area contributed by atoms with Gasteiger partial charge in [-0.1, -0.05) is 13.2 Å². The number of carbonyl (C=O) groups excluding carboxylic acids is 2. The molecule has 0 aliphatic rings. The zero-order valence-electron chi connectivity index (χ0n) is 28.4. The van der Waals surface area contributed by atoms with E-state index in [2.05, 4.69) is 102 Å². The van der Waals surface area contributed by atoms with Crippen molar-refractivity contribution in [2.45, 2.75) is 129 Å². The average Bonchev–Trinajstić information content (AvgIpc) is 2.71. The molecule has 0 rings (SSSR count). The molecule has 0 aliphatic heterocycles. The second-order valence-electron chi connectivity index (χ2n) is 14.6. The van der Waals surface area contributed by atoms with E-state index in [4.69, 9.17) is 20.6 Å². The fourth-order valence-electron chi connectivity index (χ4n) is 4.07. The van der Waals surface area contributed by atoms with Crippen LogP contribution in [0.4, 0.5) is 0 Å². The largest absolute Gasteiger partial charge is 0.472 e. The molecular weight excluding hydrogens is 621 g/mol. The first kappa shape index (κ1) is 40.5. The van der Waals surface area contributed by atoms with Crippen LogP contribution in [0.3, 0.4) is 0 Å². The van der Waals surface area contributed by atoms with Gasteiger partial charge in [-0.15, -0.1) is 0 Å². The molecule has 2 atom stereocenters. The normalized spacial score (nSPS) is 15.2. The van der Waals surface area contributed by atoms with Crippen molar-refractivity contribution in [3.05, 3.63) is 25.3 Å². The van der Waals surface area contributed by atoms with Crippen LogP contribution in [0, 0.1) is 0 Å². The van der Waals surface area contributed by atoms with Gasteiger partial charge in [-0.25, -0.2) is 0 Å². The van der Waals surface area contributed by atoms with Crippen LogP contribution in [-0.2, 0) is 30.2 Å². The Morgan fingerprint density at radius 3 is 1.00 bits per heavy atom. The van der Waals surface area contributed by atoms with Crippen LogP contribution >= 0.6 is 0 Å². The summed E-state index contributed by atoms with van der Waals surface area (Å²) in [5, 5.41) is 5.93. The number of rotatable bonds is 20. The lowest BCUT2D eigenvalue weighted by Gasteiger charge is -2.47. The minimum absolute atomic E-state index is 0.132. The lowest BCUT2D eigenvalue weighted by atomic mass is 10.2. The molecule has 41 heavy (non-hydrogen) atoms. The number of carbonyl (C=O) groups is 2. The summed E-state index contributed by atoms with van der Waals surface area (Å²) >= 11 is 0. The molecule has 2 N–H and O–H groups in total. The number of hydrogen-bond donors (Lipinski definition) is 2. The highest BCUT2D eigenvalue weighted by Crippen LogP contribution is 2.36. The van der Waals surface area contributed by atoms with Crippen LogP contribution < -0.4 is 10.6 Å². The van der Waals surface area contributed by atoms with Gasteiger partial charge in [-0.05, 0) is 117 Å². The van der Waals surface area contributed by atoms with Crippen molar-refractivity contribution in [1.29, 1.82) is 0 Å². The maximum atomic E-state index is 12.0. The lowest BCUT2D eigenvalue weighted by Crippen LogP contribution is -2.67. The SMILES string of the molecule is C=CC(=O)NC(C)CC[Si](O[Si](C)(C)C)(O[Si](C)(C)C)O[Si](CCC(C)NC(=O)C=C)(O[Si](C)(C)C)O[Si](C)(C)C. The second-order valence-corrected chi connectivity index (χ2v) is 39.3. The third-order valence-corrected chi connectivity index (χ3v) is 24.1. The van der Waals surface area contributed by atoms with Gasteiger partial charge in [0.25, 0.3) is 0 Å². The van der Waals surface area contributed by atoms with E-state index in [1.165, 1.54) is 12.2 Å².